The van der Waals surface area contributed by atoms with Crippen molar-refractivity contribution in [2.24, 2.45) is 0 Å². The van der Waals surface area contributed by atoms with E-state index >= 15 is 0 Å². The SMILES string of the molecule is CCCc1ccc(S(=O)(=O)NC2CCCCC2)cc1. The fourth-order valence-corrected chi connectivity index (χ4v) is 3.94. The number of rotatable bonds is 5. The third-order valence-corrected chi connectivity index (χ3v) is 5.24. The van der Waals surface area contributed by atoms with E-state index in [1.54, 1.807) is 12.1 Å². The third-order valence-electron chi connectivity index (χ3n) is 3.70. The van der Waals surface area contributed by atoms with Gasteiger partial charge in [0.15, 0.2) is 0 Å². The summed E-state index contributed by atoms with van der Waals surface area (Å²) in [5.74, 6) is 0. The van der Waals surface area contributed by atoms with Crippen LogP contribution >= 0.6 is 0 Å². The van der Waals surface area contributed by atoms with Crippen LogP contribution < -0.4 is 4.72 Å². The first kappa shape index (κ1) is 14.5. The molecule has 1 aliphatic carbocycles. The first-order chi connectivity index (χ1) is 9.12. The van der Waals surface area contributed by atoms with Crippen molar-refractivity contribution in [1.82, 2.24) is 4.72 Å². The summed E-state index contributed by atoms with van der Waals surface area (Å²) in [5, 5.41) is 0. The lowest BCUT2D eigenvalue weighted by atomic mass is 9.96. The van der Waals surface area contributed by atoms with Crippen molar-refractivity contribution < 1.29 is 8.42 Å². The predicted octanol–water partition coefficient (Wildman–Crippen LogP) is 3.25. The number of benzene rings is 1. The van der Waals surface area contributed by atoms with E-state index in [-0.39, 0.29) is 6.04 Å². The summed E-state index contributed by atoms with van der Waals surface area (Å²) < 4.78 is 27.4. The number of nitrogens with one attached hydrogen (secondary N) is 1. The van der Waals surface area contributed by atoms with Gasteiger partial charge in [0.05, 0.1) is 4.90 Å². The third kappa shape index (κ3) is 4.05. The summed E-state index contributed by atoms with van der Waals surface area (Å²) in [6, 6.07) is 7.39. The van der Waals surface area contributed by atoms with Gasteiger partial charge in [-0.3, -0.25) is 0 Å². The molecule has 0 aliphatic heterocycles. The van der Waals surface area contributed by atoms with Crippen molar-refractivity contribution in [2.45, 2.75) is 62.8 Å². The fourth-order valence-electron chi connectivity index (χ4n) is 2.63. The summed E-state index contributed by atoms with van der Waals surface area (Å²) in [4.78, 5) is 0.387. The van der Waals surface area contributed by atoms with Crippen molar-refractivity contribution in [2.75, 3.05) is 0 Å². The maximum Gasteiger partial charge on any atom is 0.240 e. The maximum atomic E-state index is 12.3. The Bertz CT molecular complexity index is 487. The average molecular weight is 281 g/mol. The van der Waals surface area contributed by atoms with E-state index in [4.69, 9.17) is 0 Å². The Morgan fingerprint density at radius 1 is 1.11 bits per heavy atom. The molecule has 4 heteroatoms. The summed E-state index contributed by atoms with van der Waals surface area (Å²) in [6.07, 6.45) is 7.48. The molecular weight excluding hydrogens is 258 g/mol. The molecule has 0 unspecified atom stereocenters. The lowest BCUT2D eigenvalue weighted by molar-refractivity contribution is 0.412. The van der Waals surface area contributed by atoms with Gasteiger partial charge >= 0.3 is 0 Å². The van der Waals surface area contributed by atoms with Crippen molar-refractivity contribution in [1.29, 1.82) is 0 Å². The van der Waals surface area contributed by atoms with E-state index in [0.29, 0.717) is 4.90 Å². The van der Waals surface area contributed by atoms with Crippen LogP contribution in [0.2, 0.25) is 0 Å². The molecule has 1 aromatic carbocycles. The Balaban J connectivity index is 2.05. The minimum absolute atomic E-state index is 0.120. The normalized spacial score (nSPS) is 17.5. The van der Waals surface area contributed by atoms with Gasteiger partial charge in [0, 0.05) is 6.04 Å². The Morgan fingerprint density at radius 2 is 1.74 bits per heavy atom. The van der Waals surface area contributed by atoms with Gasteiger partial charge in [0.1, 0.15) is 0 Å². The second-order valence-electron chi connectivity index (χ2n) is 5.35. The molecule has 106 valence electrons. The number of hydrogen-bond acceptors (Lipinski definition) is 2. The minimum atomic E-state index is -3.34. The highest BCUT2D eigenvalue weighted by molar-refractivity contribution is 7.89. The largest absolute Gasteiger partial charge is 0.240 e. The number of aryl methyl sites for hydroxylation is 1. The minimum Gasteiger partial charge on any atom is -0.208 e. The molecule has 2 rings (SSSR count). The second kappa shape index (κ2) is 6.53. The van der Waals surface area contributed by atoms with Gasteiger partial charge in [-0.05, 0) is 37.0 Å². The van der Waals surface area contributed by atoms with Crippen molar-refractivity contribution in [3.63, 3.8) is 0 Å². The van der Waals surface area contributed by atoms with Crippen LogP contribution in [0.5, 0.6) is 0 Å². The average Bonchev–Trinajstić information content (AvgIpc) is 2.40. The van der Waals surface area contributed by atoms with Gasteiger partial charge in [-0.15, -0.1) is 0 Å². The molecule has 0 bridgehead atoms. The molecule has 0 heterocycles. The van der Waals surface area contributed by atoms with Crippen molar-refractivity contribution >= 4 is 10.0 Å². The summed E-state index contributed by atoms with van der Waals surface area (Å²) in [5.41, 5.74) is 1.19. The van der Waals surface area contributed by atoms with Gasteiger partial charge in [-0.1, -0.05) is 44.7 Å². The molecule has 0 radical (unpaired) electrons. The maximum absolute atomic E-state index is 12.3. The van der Waals surface area contributed by atoms with Crippen molar-refractivity contribution in [3.05, 3.63) is 29.8 Å². The topological polar surface area (TPSA) is 46.2 Å². The zero-order valence-electron chi connectivity index (χ0n) is 11.6. The van der Waals surface area contributed by atoms with Crippen LogP contribution in [-0.2, 0) is 16.4 Å². The van der Waals surface area contributed by atoms with E-state index < -0.39 is 10.0 Å². The van der Waals surface area contributed by atoms with Crippen LogP contribution in [0.3, 0.4) is 0 Å². The molecule has 0 aromatic heterocycles. The first-order valence-electron chi connectivity index (χ1n) is 7.23. The van der Waals surface area contributed by atoms with Crippen LogP contribution in [0.4, 0.5) is 0 Å². The summed E-state index contributed by atoms with van der Waals surface area (Å²) in [6.45, 7) is 2.12. The van der Waals surface area contributed by atoms with E-state index in [9.17, 15) is 8.42 Å². The van der Waals surface area contributed by atoms with Crippen LogP contribution in [0, 0.1) is 0 Å². The molecular formula is C15H23NO2S. The molecule has 1 fully saturated rings. The summed E-state index contributed by atoms with van der Waals surface area (Å²) in [7, 11) is -3.34. The fraction of sp³-hybridized carbons (Fsp3) is 0.600. The first-order valence-corrected chi connectivity index (χ1v) is 8.71. The smallest absolute Gasteiger partial charge is 0.208 e. The molecule has 1 aliphatic rings. The van der Waals surface area contributed by atoms with Gasteiger partial charge in [-0.2, -0.15) is 0 Å². The molecule has 1 N–H and O–H groups in total. The molecule has 19 heavy (non-hydrogen) atoms. The van der Waals surface area contributed by atoms with Crippen molar-refractivity contribution in [3.8, 4) is 0 Å². The summed E-state index contributed by atoms with van der Waals surface area (Å²) >= 11 is 0. The van der Waals surface area contributed by atoms with Gasteiger partial charge in [0.2, 0.25) is 10.0 Å². The number of sulfonamides is 1. The van der Waals surface area contributed by atoms with E-state index in [0.717, 1.165) is 38.5 Å². The lowest BCUT2D eigenvalue weighted by Gasteiger charge is -2.22. The van der Waals surface area contributed by atoms with Crippen LogP contribution in [0.15, 0.2) is 29.2 Å². The zero-order chi connectivity index (χ0) is 13.7. The van der Waals surface area contributed by atoms with Gasteiger partial charge in [-0.25, -0.2) is 13.1 Å². The van der Waals surface area contributed by atoms with Crippen LogP contribution in [-0.4, -0.2) is 14.5 Å². The predicted molar refractivity (Wildman–Crippen MR) is 77.6 cm³/mol. The van der Waals surface area contributed by atoms with Crippen LogP contribution in [0.1, 0.15) is 51.0 Å². The highest BCUT2D eigenvalue weighted by Crippen LogP contribution is 2.20. The molecule has 0 saturated heterocycles. The van der Waals surface area contributed by atoms with E-state index in [1.165, 1.54) is 12.0 Å². The molecule has 1 saturated carbocycles. The zero-order valence-corrected chi connectivity index (χ0v) is 12.4. The van der Waals surface area contributed by atoms with E-state index in [1.807, 2.05) is 12.1 Å². The Labute approximate surface area is 116 Å². The lowest BCUT2D eigenvalue weighted by Crippen LogP contribution is -2.36. The molecule has 3 nitrogen and oxygen atoms in total. The van der Waals surface area contributed by atoms with Gasteiger partial charge < -0.3 is 0 Å². The second-order valence-corrected chi connectivity index (χ2v) is 7.06. The monoisotopic (exact) mass is 281 g/mol. The van der Waals surface area contributed by atoms with Crippen LogP contribution in [0.25, 0.3) is 0 Å². The highest BCUT2D eigenvalue weighted by atomic mass is 32.2. The Morgan fingerprint density at radius 3 is 2.32 bits per heavy atom. The molecule has 0 amide bonds. The Kier molecular flexibility index (Phi) is 4.99. The molecule has 0 atom stereocenters. The number of hydrogen-bond donors (Lipinski definition) is 1. The van der Waals surface area contributed by atoms with E-state index in [2.05, 4.69) is 11.6 Å². The highest BCUT2D eigenvalue weighted by Gasteiger charge is 2.21. The van der Waals surface area contributed by atoms with Gasteiger partial charge in [0.25, 0.3) is 0 Å². The molecule has 0 spiro atoms. The Hall–Kier alpha value is -0.870. The standard InChI is InChI=1S/C15H23NO2S/c1-2-6-13-9-11-15(12-10-13)19(17,18)16-14-7-4-3-5-8-14/h9-12,14,16H,2-8H2,1H3. The molecule has 1 aromatic rings. The quantitative estimate of drug-likeness (QED) is 0.900.